The van der Waals surface area contributed by atoms with Gasteiger partial charge in [0.1, 0.15) is 5.54 Å². The molecule has 1 fully saturated rings. The van der Waals surface area contributed by atoms with Crippen molar-refractivity contribution in [1.29, 1.82) is 0 Å². The first kappa shape index (κ1) is 21.2. The lowest BCUT2D eigenvalue weighted by atomic mass is 9.66. The van der Waals surface area contributed by atoms with Crippen molar-refractivity contribution in [3.8, 4) is 11.5 Å². The molecule has 0 spiro atoms. The molecule has 1 unspecified atom stereocenters. The second kappa shape index (κ2) is 8.88. The van der Waals surface area contributed by atoms with Gasteiger partial charge in [0.2, 0.25) is 6.79 Å². The van der Waals surface area contributed by atoms with Crippen LogP contribution < -0.4 is 20.5 Å². The van der Waals surface area contributed by atoms with Gasteiger partial charge in [-0.3, -0.25) is 4.79 Å². The van der Waals surface area contributed by atoms with Crippen LogP contribution in [-0.4, -0.2) is 46.6 Å². The average molecular weight is 413 g/mol. The normalized spacial score (nSPS) is 22.4. The molecule has 1 aromatic rings. The highest BCUT2D eigenvalue weighted by Gasteiger charge is 2.48. The van der Waals surface area contributed by atoms with Crippen molar-refractivity contribution in [2.24, 2.45) is 11.7 Å². The molecule has 6 N–H and O–H groups in total. The van der Waals surface area contributed by atoms with Gasteiger partial charge in [-0.05, 0) is 43.1 Å². The Kier molecular flexibility index (Phi) is 6.72. The van der Waals surface area contributed by atoms with Crippen LogP contribution in [-0.2, 0) is 11.3 Å². The van der Waals surface area contributed by atoms with E-state index in [-0.39, 0.29) is 25.1 Å². The number of benzene rings is 1. The molecule has 0 amide bonds. The quantitative estimate of drug-likeness (QED) is 0.287. The fourth-order valence-corrected chi connectivity index (χ4v) is 4.00. The number of hydrogen-bond donors (Lipinski definition) is 5. The summed E-state index contributed by atoms with van der Waals surface area (Å²) in [5, 5.41) is 31.4. The van der Waals surface area contributed by atoms with Crippen LogP contribution in [0.1, 0.15) is 37.7 Å². The molecule has 8 nitrogen and oxygen atoms in total. The van der Waals surface area contributed by atoms with Gasteiger partial charge >= 0.3 is 13.1 Å². The first-order valence-corrected chi connectivity index (χ1v) is 9.87. The van der Waals surface area contributed by atoms with Crippen LogP contribution in [0.3, 0.4) is 0 Å². The standard InChI is InChI=1S/C18H26BClN2O6/c20-14-8-16-15(27-10-28-16)5-11(14)9-22-13-6-12(7-13)18(21,17(23)24)3-1-2-4-19(25)26/h5,8,12-13,22,25-26H,1-4,6-7,9-10,21H2,(H,23,24). The van der Waals surface area contributed by atoms with Crippen molar-refractivity contribution in [1.82, 2.24) is 5.32 Å². The van der Waals surface area contributed by atoms with Crippen molar-refractivity contribution in [3.05, 3.63) is 22.7 Å². The molecule has 10 heteroatoms. The summed E-state index contributed by atoms with van der Waals surface area (Å²) < 4.78 is 10.7. The Bertz CT molecular complexity index is 716. The Hall–Kier alpha value is -1.52. The second-order valence-electron chi connectivity index (χ2n) is 7.61. The van der Waals surface area contributed by atoms with E-state index in [0.29, 0.717) is 55.2 Å². The summed E-state index contributed by atoms with van der Waals surface area (Å²) in [5.74, 6) is 0.196. The molecule has 1 aromatic carbocycles. The van der Waals surface area contributed by atoms with Gasteiger partial charge in [0, 0.05) is 23.7 Å². The van der Waals surface area contributed by atoms with Crippen LogP contribution in [0.15, 0.2) is 12.1 Å². The highest BCUT2D eigenvalue weighted by atomic mass is 35.5. The van der Waals surface area contributed by atoms with Gasteiger partial charge in [0.25, 0.3) is 0 Å². The van der Waals surface area contributed by atoms with Crippen molar-refractivity contribution < 1.29 is 29.4 Å². The largest absolute Gasteiger partial charge is 0.480 e. The number of halogens is 1. The van der Waals surface area contributed by atoms with Crippen LogP contribution in [0.4, 0.5) is 0 Å². The summed E-state index contributed by atoms with van der Waals surface area (Å²) in [6.07, 6.45) is 2.96. The van der Waals surface area contributed by atoms with Crippen LogP contribution in [0.2, 0.25) is 11.3 Å². The third-order valence-corrected chi connectivity index (χ3v) is 6.04. The van der Waals surface area contributed by atoms with Gasteiger partial charge < -0.3 is 35.7 Å². The minimum absolute atomic E-state index is 0.117. The second-order valence-corrected chi connectivity index (χ2v) is 8.02. The predicted octanol–water partition coefficient (Wildman–Crippen LogP) is 1.36. The Morgan fingerprint density at radius 3 is 2.61 bits per heavy atom. The molecular weight excluding hydrogens is 386 g/mol. The lowest BCUT2D eigenvalue weighted by molar-refractivity contribution is -0.148. The molecule has 1 aliphatic carbocycles. The molecule has 3 rings (SSSR count). The first-order valence-electron chi connectivity index (χ1n) is 9.49. The van der Waals surface area contributed by atoms with Crippen LogP contribution in [0.5, 0.6) is 11.5 Å². The van der Waals surface area contributed by atoms with Gasteiger partial charge in [-0.1, -0.05) is 24.4 Å². The van der Waals surface area contributed by atoms with E-state index in [1.807, 2.05) is 6.07 Å². The third-order valence-electron chi connectivity index (χ3n) is 5.69. The maximum absolute atomic E-state index is 11.7. The monoisotopic (exact) mass is 412 g/mol. The van der Waals surface area contributed by atoms with Gasteiger partial charge in [-0.2, -0.15) is 0 Å². The topological polar surface area (TPSA) is 134 Å². The van der Waals surface area contributed by atoms with Crippen molar-refractivity contribution in [3.63, 3.8) is 0 Å². The van der Waals surface area contributed by atoms with E-state index in [1.54, 1.807) is 6.07 Å². The Morgan fingerprint density at radius 1 is 1.29 bits per heavy atom. The Morgan fingerprint density at radius 2 is 1.96 bits per heavy atom. The van der Waals surface area contributed by atoms with Gasteiger partial charge in [-0.15, -0.1) is 0 Å². The third kappa shape index (κ3) is 4.72. The fraction of sp³-hybridized carbons (Fsp3) is 0.611. The van der Waals surface area contributed by atoms with Crippen molar-refractivity contribution in [2.75, 3.05) is 6.79 Å². The van der Waals surface area contributed by atoms with Gasteiger partial charge in [-0.25, -0.2) is 0 Å². The highest BCUT2D eigenvalue weighted by molar-refractivity contribution is 6.40. The summed E-state index contributed by atoms with van der Waals surface area (Å²) in [6, 6.07) is 3.77. The zero-order valence-corrected chi connectivity index (χ0v) is 16.3. The number of aliphatic carboxylic acids is 1. The molecule has 0 radical (unpaired) electrons. The minimum atomic E-state index is -1.36. The van der Waals surface area contributed by atoms with Gasteiger partial charge in [0.15, 0.2) is 11.5 Å². The number of hydrogen-bond acceptors (Lipinski definition) is 7. The predicted molar refractivity (Wildman–Crippen MR) is 104 cm³/mol. The number of carboxylic acid groups (broad SMARTS) is 1. The summed E-state index contributed by atoms with van der Waals surface area (Å²) in [6.45, 7) is 0.740. The molecule has 0 bridgehead atoms. The van der Waals surface area contributed by atoms with Crippen LogP contribution in [0.25, 0.3) is 0 Å². The average Bonchev–Trinajstić information content (AvgIpc) is 3.04. The molecule has 0 aromatic heterocycles. The SMILES string of the molecule is NC(CCCCB(O)O)(C(=O)O)C1CC(NCc2cc3c(cc2Cl)OCO3)C1. The molecule has 1 atom stereocenters. The fourth-order valence-electron chi connectivity index (χ4n) is 3.78. The highest BCUT2D eigenvalue weighted by Crippen LogP contribution is 2.40. The number of nitrogens with two attached hydrogens (primary N) is 1. The maximum Gasteiger partial charge on any atom is 0.451 e. The van der Waals surface area contributed by atoms with E-state index in [2.05, 4.69) is 5.32 Å². The number of unbranched alkanes of at least 4 members (excludes halogenated alkanes) is 1. The lowest BCUT2D eigenvalue weighted by Gasteiger charge is -2.45. The van der Waals surface area contributed by atoms with Crippen molar-refractivity contribution >= 4 is 24.7 Å². The molecule has 1 saturated carbocycles. The van der Waals surface area contributed by atoms with E-state index in [9.17, 15) is 9.90 Å². The number of nitrogens with one attached hydrogen (secondary N) is 1. The number of rotatable bonds is 10. The summed E-state index contributed by atoms with van der Waals surface area (Å²) in [4.78, 5) is 11.7. The smallest absolute Gasteiger partial charge is 0.451 e. The Balaban J connectivity index is 1.48. The molecule has 28 heavy (non-hydrogen) atoms. The molecule has 2 aliphatic rings. The van der Waals surface area contributed by atoms with Crippen molar-refractivity contribution in [2.45, 2.75) is 56.5 Å². The summed E-state index contributed by atoms with van der Waals surface area (Å²) in [7, 11) is -1.36. The molecule has 1 aliphatic heterocycles. The van der Waals surface area contributed by atoms with E-state index in [4.69, 9.17) is 36.9 Å². The maximum atomic E-state index is 11.7. The minimum Gasteiger partial charge on any atom is -0.480 e. The number of carbonyl (C=O) groups is 1. The van der Waals surface area contributed by atoms with Gasteiger partial charge in [0.05, 0.1) is 0 Å². The molecule has 154 valence electrons. The zero-order chi connectivity index (χ0) is 20.3. The van der Waals surface area contributed by atoms with Crippen LogP contribution in [0, 0.1) is 5.92 Å². The molecule has 0 saturated heterocycles. The van der Waals surface area contributed by atoms with E-state index in [1.165, 1.54) is 0 Å². The van der Waals surface area contributed by atoms with Crippen LogP contribution >= 0.6 is 11.6 Å². The van der Waals surface area contributed by atoms with E-state index < -0.39 is 18.6 Å². The summed E-state index contributed by atoms with van der Waals surface area (Å²) in [5.41, 5.74) is 5.83. The number of fused-ring (bicyclic) bond motifs is 1. The number of carboxylic acids is 1. The van der Waals surface area contributed by atoms with E-state index >= 15 is 0 Å². The molecule has 1 heterocycles. The first-order chi connectivity index (χ1) is 13.3. The van der Waals surface area contributed by atoms with E-state index in [0.717, 1.165) is 5.56 Å². The lowest BCUT2D eigenvalue weighted by Crippen LogP contribution is -2.61. The number of ether oxygens (including phenoxy) is 2. The summed E-state index contributed by atoms with van der Waals surface area (Å²) >= 11 is 6.28. The zero-order valence-electron chi connectivity index (χ0n) is 15.6. The Labute approximate surface area is 169 Å². The molecular formula is C18H26BClN2O6.